The molecule has 0 aliphatic carbocycles. The number of benzene rings is 2. The molecule has 1 N–H and O–H groups in total. The van der Waals surface area contributed by atoms with E-state index >= 15 is 0 Å². The fraction of sp³-hybridized carbons (Fsp3) is 0.310. The van der Waals surface area contributed by atoms with Crippen LogP contribution in [0.2, 0.25) is 0 Å². The number of carbonyl (C=O) groups is 1. The Morgan fingerprint density at radius 1 is 1.12 bits per heavy atom. The van der Waals surface area contributed by atoms with Crippen LogP contribution in [0.3, 0.4) is 0 Å². The zero-order valence-electron chi connectivity index (χ0n) is 20.5. The highest BCUT2D eigenvalue weighted by Gasteiger charge is 2.18. The van der Waals surface area contributed by atoms with Crippen LogP contribution in [0.15, 0.2) is 60.8 Å². The molecule has 5 nitrogen and oxygen atoms in total. The molecule has 0 spiro atoms. The van der Waals surface area contributed by atoms with E-state index in [4.69, 9.17) is 15.9 Å². The molecule has 0 aliphatic rings. The Hall–Kier alpha value is -3.78. The van der Waals surface area contributed by atoms with Gasteiger partial charge in [0.15, 0.2) is 5.78 Å². The standard InChI is InChI=1S/C29H32N2O3/c1-7-17-33-24-14-15-26(31-19-23-9-8-16-30-28(23)34-29(4,5)6)25(18-24)27(32)22-12-10-21(11-13-22)20(2)3/h1,8-16,18,20,31H,17,19H2,2-6H3. The van der Waals surface area contributed by atoms with Gasteiger partial charge in [-0.25, -0.2) is 4.98 Å². The van der Waals surface area contributed by atoms with Crippen molar-refractivity contribution < 1.29 is 14.3 Å². The van der Waals surface area contributed by atoms with Crippen LogP contribution < -0.4 is 14.8 Å². The molecule has 5 heteroatoms. The van der Waals surface area contributed by atoms with Crippen molar-refractivity contribution in [2.75, 3.05) is 11.9 Å². The van der Waals surface area contributed by atoms with Crippen molar-refractivity contribution in [3.63, 3.8) is 0 Å². The zero-order chi connectivity index (χ0) is 24.7. The average molecular weight is 457 g/mol. The number of hydrogen-bond acceptors (Lipinski definition) is 5. The second-order valence-electron chi connectivity index (χ2n) is 9.34. The van der Waals surface area contributed by atoms with E-state index in [0.717, 1.165) is 5.56 Å². The topological polar surface area (TPSA) is 60.4 Å². The van der Waals surface area contributed by atoms with E-state index in [2.05, 4.69) is 30.1 Å². The lowest BCUT2D eigenvalue weighted by Crippen LogP contribution is -2.24. The number of rotatable bonds is 9. The Balaban J connectivity index is 1.90. The van der Waals surface area contributed by atoms with E-state index in [1.54, 1.807) is 18.3 Å². The van der Waals surface area contributed by atoms with Gasteiger partial charge in [-0.15, -0.1) is 6.42 Å². The minimum atomic E-state index is -0.373. The lowest BCUT2D eigenvalue weighted by molar-refractivity contribution is 0.103. The molecule has 0 bridgehead atoms. The second-order valence-corrected chi connectivity index (χ2v) is 9.34. The molecule has 3 aromatic rings. The molecule has 0 amide bonds. The number of terminal acetylenes is 1. The fourth-order valence-corrected chi connectivity index (χ4v) is 3.39. The van der Waals surface area contributed by atoms with Gasteiger partial charge in [-0.1, -0.05) is 50.1 Å². The van der Waals surface area contributed by atoms with E-state index in [1.807, 2.05) is 63.2 Å². The summed E-state index contributed by atoms with van der Waals surface area (Å²) >= 11 is 0. The van der Waals surface area contributed by atoms with E-state index in [9.17, 15) is 4.79 Å². The van der Waals surface area contributed by atoms with Crippen molar-refractivity contribution in [1.82, 2.24) is 4.98 Å². The summed E-state index contributed by atoms with van der Waals surface area (Å²) in [6, 6.07) is 16.9. The Labute approximate surface area is 202 Å². The number of ketones is 1. The largest absolute Gasteiger partial charge is 0.481 e. The minimum Gasteiger partial charge on any atom is -0.481 e. The Bertz CT molecular complexity index is 1170. The number of nitrogens with one attached hydrogen (secondary N) is 1. The first-order valence-corrected chi connectivity index (χ1v) is 11.4. The predicted molar refractivity (Wildman–Crippen MR) is 137 cm³/mol. The van der Waals surface area contributed by atoms with Gasteiger partial charge >= 0.3 is 0 Å². The van der Waals surface area contributed by atoms with E-state index in [-0.39, 0.29) is 18.0 Å². The van der Waals surface area contributed by atoms with Crippen molar-refractivity contribution in [3.8, 4) is 24.0 Å². The third-order valence-corrected chi connectivity index (χ3v) is 5.12. The summed E-state index contributed by atoms with van der Waals surface area (Å²) in [6.45, 7) is 10.8. The monoisotopic (exact) mass is 456 g/mol. The summed E-state index contributed by atoms with van der Waals surface area (Å²) in [7, 11) is 0. The van der Waals surface area contributed by atoms with Crippen LogP contribution in [0.5, 0.6) is 11.6 Å². The molecule has 176 valence electrons. The van der Waals surface area contributed by atoms with E-state index < -0.39 is 0 Å². The third-order valence-electron chi connectivity index (χ3n) is 5.12. The van der Waals surface area contributed by atoms with Gasteiger partial charge in [0.2, 0.25) is 5.88 Å². The molecular formula is C29H32N2O3. The normalized spacial score (nSPS) is 11.1. The van der Waals surface area contributed by atoms with Crippen molar-refractivity contribution in [3.05, 3.63) is 83.0 Å². The van der Waals surface area contributed by atoms with Gasteiger partial charge in [0, 0.05) is 35.1 Å². The molecule has 2 aromatic carbocycles. The summed E-state index contributed by atoms with van der Waals surface area (Å²) in [5.41, 5.74) is 3.52. The number of nitrogens with zero attached hydrogens (tertiary/aromatic N) is 1. The summed E-state index contributed by atoms with van der Waals surface area (Å²) in [5, 5.41) is 3.38. The molecule has 0 saturated heterocycles. The SMILES string of the molecule is C#CCOc1ccc(NCc2cccnc2OC(C)(C)C)c(C(=O)c2ccc(C(C)C)cc2)c1. The first-order valence-electron chi connectivity index (χ1n) is 11.4. The quantitative estimate of drug-likeness (QED) is 0.305. The van der Waals surface area contributed by atoms with Crippen LogP contribution in [-0.4, -0.2) is 23.0 Å². The van der Waals surface area contributed by atoms with Crippen LogP contribution in [-0.2, 0) is 6.54 Å². The third kappa shape index (κ3) is 6.62. The van der Waals surface area contributed by atoms with Crippen molar-refractivity contribution in [1.29, 1.82) is 0 Å². The molecule has 3 rings (SSSR count). The predicted octanol–water partition coefficient (Wildman–Crippen LogP) is 6.24. The molecule has 0 unspecified atom stereocenters. The number of ether oxygens (including phenoxy) is 2. The molecule has 0 aliphatic heterocycles. The van der Waals surface area contributed by atoms with Crippen LogP contribution in [0, 0.1) is 12.3 Å². The smallest absolute Gasteiger partial charge is 0.218 e. The summed E-state index contributed by atoms with van der Waals surface area (Å²) in [4.78, 5) is 17.9. The molecule has 0 saturated carbocycles. The van der Waals surface area contributed by atoms with E-state index in [1.165, 1.54) is 5.56 Å². The lowest BCUT2D eigenvalue weighted by atomic mass is 9.97. The minimum absolute atomic E-state index is 0.0960. The molecule has 0 atom stereocenters. The van der Waals surface area contributed by atoms with Crippen molar-refractivity contribution in [2.45, 2.75) is 52.7 Å². The maximum atomic E-state index is 13.5. The van der Waals surface area contributed by atoms with Crippen molar-refractivity contribution in [2.24, 2.45) is 0 Å². The molecule has 0 radical (unpaired) electrons. The first kappa shape index (κ1) is 24.9. The van der Waals surface area contributed by atoms with Gasteiger partial charge in [-0.2, -0.15) is 0 Å². The van der Waals surface area contributed by atoms with E-state index in [0.29, 0.717) is 40.9 Å². The molecule has 0 fully saturated rings. The van der Waals surface area contributed by atoms with Crippen LogP contribution in [0.1, 0.15) is 67.6 Å². The Kier molecular flexibility index (Phi) is 7.96. The van der Waals surface area contributed by atoms with Gasteiger partial charge in [0.25, 0.3) is 0 Å². The van der Waals surface area contributed by atoms with Gasteiger partial charge in [-0.05, 0) is 56.5 Å². The van der Waals surface area contributed by atoms with Gasteiger partial charge in [-0.3, -0.25) is 4.79 Å². The average Bonchev–Trinajstić information content (AvgIpc) is 2.81. The maximum Gasteiger partial charge on any atom is 0.218 e. The van der Waals surface area contributed by atoms with Gasteiger partial charge in [0.1, 0.15) is 18.0 Å². The first-order chi connectivity index (χ1) is 16.2. The highest BCUT2D eigenvalue weighted by molar-refractivity contribution is 6.12. The Morgan fingerprint density at radius 2 is 1.85 bits per heavy atom. The van der Waals surface area contributed by atoms with Crippen LogP contribution >= 0.6 is 0 Å². The maximum absolute atomic E-state index is 13.5. The summed E-state index contributed by atoms with van der Waals surface area (Å²) in [5.74, 6) is 3.86. The number of hydrogen-bond donors (Lipinski definition) is 1. The highest BCUT2D eigenvalue weighted by Crippen LogP contribution is 2.28. The van der Waals surface area contributed by atoms with Crippen LogP contribution in [0.25, 0.3) is 0 Å². The fourth-order valence-electron chi connectivity index (χ4n) is 3.39. The Morgan fingerprint density at radius 3 is 2.50 bits per heavy atom. The lowest BCUT2D eigenvalue weighted by Gasteiger charge is -2.22. The van der Waals surface area contributed by atoms with Gasteiger partial charge in [0.05, 0.1) is 0 Å². The van der Waals surface area contributed by atoms with Gasteiger partial charge < -0.3 is 14.8 Å². The van der Waals surface area contributed by atoms with Crippen molar-refractivity contribution >= 4 is 11.5 Å². The number of carbonyl (C=O) groups excluding carboxylic acids is 1. The zero-order valence-corrected chi connectivity index (χ0v) is 20.5. The molecule has 34 heavy (non-hydrogen) atoms. The molecular weight excluding hydrogens is 424 g/mol. The number of pyridine rings is 1. The highest BCUT2D eigenvalue weighted by atomic mass is 16.5. The number of aromatic nitrogens is 1. The molecule has 1 heterocycles. The summed E-state index contributed by atoms with van der Waals surface area (Å²) in [6.07, 6.45) is 7.04. The molecule has 1 aromatic heterocycles. The second kappa shape index (κ2) is 10.9. The summed E-state index contributed by atoms with van der Waals surface area (Å²) < 4.78 is 11.6. The van der Waals surface area contributed by atoms with Crippen LogP contribution in [0.4, 0.5) is 5.69 Å². The number of anilines is 1.